The lowest BCUT2D eigenvalue weighted by Gasteiger charge is -1.99. The van der Waals surface area contributed by atoms with Crippen LogP contribution in [0.1, 0.15) is 19.1 Å². The molecule has 0 radical (unpaired) electrons. The van der Waals surface area contributed by atoms with Crippen molar-refractivity contribution in [3.05, 3.63) is 11.8 Å². The number of hydrogen-bond acceptors (Lipinski definition) is 4. The monoisotopic (exact) mass is 170 g/mol. The number of nitrogens with zero attached hydrogens (tertiary/aromatic N) is 1. The molecule has 2 N–H and O–H groups in total. The second-order valence-electron chi connectivity index (χ2n) is 2.85. The van der Waals surface area contributed by atoms with Crippen LogP contribution in [0.5, 0.6) is 5.88 Å². The summed E-state index contributed by atoms with van der Waals surface area (Å²) in [6, 6.07) is 1.98. The van der Waals surface area contributed by atoms with Crippen molar-refractivity contribution in [2.75, 3.05) is 7.11 Å². The van der Waals surface area contributed by atoms with Crippen LogP contribution in [0.25, 0.3) is 0 Å². The van der Waals surface area contributed by atoms with Gasteiger partial charge in [0, 0.05) is 18.5 Å². The first-order valence-electron chi connectivity index (χ1n) is 3.97. The van der Waals surface area contributed by atoms with Gasteiger partial charge >= 0.3 is 0 Å². The summed E-state index contributed by atoms with van der Waals surface area (Å²) < 4.78 is 9.84. The van der Waals surface area contributed by atoms with Crippen LogP contribution in [0.3, 0.4) is 0 Å². The van der Waals surface area contributed by atoms with Crippen molar-refractivity contribution in [1.29, 1.82) is 0 Å². The van der Waals surface area contributed by atoms with E-state index in [0.717, 1.165) is 18.6 Å². The van der Waals surface area contributed by atoms with Crippen molar-refractivity contribution in [2.45, 2.75) is 25.8 Å². The van der Waals surface area contributed by atoms with Crippen molar-refractivity contribution in [2.24, 2.45) is 5.73 Å². The summed E-state index contributed by atoms with van der Waals surface area (Å²) in [5.74, 6) is 1.35. The summed E-state index contributed by atoms with van der Waals surface area (Å²) in [4.78, 5) is 0. The van der Waals surface area contributed by atoms with Gasteiger partial charge in [-0.1, -0.05) is 0 Å². The van der Waals surface area contributed by atoms with Gasteiger partial charge in [0.15, 0.2) is 0 Å². The molecule has 1 rings (SSSR count). The van der Waals surface area contributed by atoms with Crippen LogP contribution in [-0.4, -0.2) is 18.3 Å². The van der Waals surface area contributed by atoms with Crippen molar-refractivity contribution >= 4 is 0 Å². The van der Waals surface area contributed by atoms with Crippen LogP contribution in [0.4, 0.5) is 0 Å². The highest BCUT2D eigenvalue weighted by Crippen LogP contribution is 2.12. The molecule has 0 aromatic carbocycles. The van der Waals surface area contributed by atoms with E-state index in [2.05, 4.69) is 5.16 Å². The number of methoxy groups -OCH3 is 1. The molecule has 12 heavy (non-hydrogen) atoms. The second kappa shape index (κ2) is 4.11. The smallest absolute Gasteiger partial charge is 0.254 e. The Hall–Kier alpha value is -1.03. The second-order valence-corrected chi connectivity index (χ2v) is 2.85. The van der Waals surface area contributed by atoms with Gasteiger partial charge in [-0.2, -0.15) is 0 Å². The average molecular weight is 170 g/mol. The minimum Gasteiger partial charge on any atom is -0.479 e. The van der Waals surface area contributed by atoms with E-state index < -0.39 is 0 Å². The first kappa shape index (κ1) is 9.06. The number of aryl methyl sites for hydroxylation is 1. The first-order chi connectivity index (χ1) is 5.72. The summed E-state index contributed by atoms with van der Waals surface area (Å²) >= 11 is 0. The van der Waals surface area contributed by atoms with E-state index in [-0.39, 0.29) is 6.04 Å². The predicted molar refractivity (Wildman–Crippen MR) is 45.0 cm³/mol. The van der Waals surface area contributed by atoms with Gasteiger partial charge in [0.2, 0.25) is 0 Å². The maximum Gasteiger partial charge on any atom is 0.254 e. The molecule has 68 valence electrons. The third kappa shape index (κ3) is 2.54. The van der Waals surface area contributed by atoms with Crippen molar-refractivity contribution in [3.8, 4) is 5.88 Å². The lowest BCUT2D eigenvalue weighted by atomic mass is 10.2. The lowest BCUT2D eigenvalue weighted by Crippen LogP contribution is -2.15. The van der Waals surface area contributed by atoms with Gasteiger partial charge in [-0.25, -0.2) is 0 Å². The fourth-order valence-electron chi connectivity index (χ4n) is 0.878. The molecule has 0 saturated carbocycles. The largest absolute Gasteiger partial charge is 0.479 e. The zero-order chi connectivity index (χ0) is 8.97. The molecule has 4 nitrogen and oxygen atoms in total. The molecule has 1 atom stereocenters. The molecule has 1 aromatic heterocycles. The summed E-state index contributed by atoms with van der Waals surface area (Å²) in [6.45, 7) is 1.97. The Labute approximate surface area is 71.7 Å². The Morgan fingerprint density at radius 1 is 1.75 bits per heavy atom. The summed E-state index contributed by atoms with van der Waals surface area (Å²) in [7, 11) is 1.56. The molecular formula is C8H14N2O2. The van der Waals surface area contributed by atoms with Crippen LogP contribution in [0, 0.1) is 0 Å². The van der Waals surface area contributed by atoms with E-state index >= 15 is 0 Å². The Morgan fingerprint density at radius 3 is 3.00 bits per heavy atom. The van der Waals surface area contributed by atoms with E-state index in [1.165, 1.54) is 0 Å². The van der Waals surface area contributed by atoms with Crippen molar-refractivity contribution < 1.29 is 9.26 Å². The standard InChI is InChI=1S/C8H14N2O2/c1-6(9)3-4-7-5-8(11-2)10-12-7/h5-6H,3-4,9H2,1-2H3. The molecule has 4 heteroatoms. The average Bonchev–Trinajstić information content (AvgIpc) is 2.48. The van der Waals surface area contributed by atoms with Crippen LogP contribution in [-0.2, 0) is 6.42 Å². The number of rotatable bonds is 4. The van der Waals surface area contributed by atoms with Crippen LogP contribution >= 0.6 is 0 Å². The zero-order valence-corrected chi connectivity index (χ0v) is 7.41. The van der Waals surface area contributed by atoms with E-state index in [1.807, 2.05) is 6.92 Å². The molecule has 0 spiro atoms. The van der Waals surface area contributed by atoms with E-state index in [0.29, 0.717) is 5.88 Å². The SMILES string of the molecule is COc1cc(CCC(C)N)on1. The van der Waals surface area contributed by atoms with Gasteiger partial charge in [0.25, 0.3) is 5.88 Å². The fraction of sp³-hybridized carbons (Fsp3) is 0.625. The maximum absolute atomic E-state index is 5.59. The molecule has 0 bridgehead atoms. The molecule has 0 saturated heterocycles. The predicted octanol–water partition coefficient (Wildman–Crippen LogP) is 0.963. The van der Waals surface area contributed by atoms with Crippen molar-refractivity contribution in [3.63, 3.8) is 0 Å². The number of aromatic nitrogens is 1. The maximum atomic E-state index is 5.59. The van der Waals surface area contributed by atoms with E-state index in [1.54, 1.807) is 13.2 Å². The van der Waals surface area contributed by atoms with Gasteiger partial charge in [0.05, 0.1) is 7.11 Å². The van der Waals surface area contributed by atoms with Gasteiger partial charge in [-0.05, 0) is 18.5 Å². The highest BCUT2D eigenvalue weighted by Gasteiger charge is 2.04. The highest BCUT2D eigenvalue weighted by atomic mass is 16.5. The Morgan fingerprint density at radius 2 is 2.50 bits per heavy atom. The summed E-state index contributed by atoms with van der Waals surface area (Å²) in [6.07, 6.45) is 1.71. The minimum atomic E-state index is 0.195. The molecule has 1 unspecified atom stereocenters. The van der Waals surface area contributed by atoms with Gasteiger partial charge < -0.3 is 15.0 Å². The molecule has 0 fully saturated rings. The topological polar surface area (TPSA) is 61.3 Å². The summed E-state index contributed by atoms with van der Waals surface area (Å²) in [5.41, 5.74) is 5.59. The fourth-order valence-corrected chi connectivity index (χ4v) is 0.878. The molecule has 0 aliphatic rings. The van der Waals surface area contributed by atoms with E-state index in [9.17, 15) is 0 Å². The quantitative estimate of drug-likeness (QED) is 0.731. The number of hydrogen-bond donors (Lipinski definition) is 1. The molecular weight excluding hydrogens is 156 g/mol. The molecule has 1 aromatic rings. The Balaban J connectivity index is 2.41. The third-order valence-electron chi connectivity index (χ3n) is 1.59. The Bertz CT molecular complexity index is 233. The van der Waals surface area contributed by atoms with E-state index in [4.69, 9.17) is 15.0 Å². The normalized spacial score (nSPS) is 12.9. The number of nitrogens with two attached hydrogens (primary N) is 1. The minimum absolute atomic E-state index is 0.195. The number of ether oxygens (including phenoxy) is 1. The van der Waals surface area contributed by atoms with Gasteiger partial charge in [-0.15, -0.1) is 0 Å². The molecule has 0 aliphatic heterocycles. The van der Waals surface area contributed by atoms with Gasteiger partial charge in [0.1, 0.15) is 5.76 Å². The van der Waals surface area contributed by atoms with Crippen LogP contribution in [0.2, 0.25) is 0 Å². The van der Waals surface area contributed by atoms with Crippen LogP contribution < -0.4 is 10.5 Å². The molecule has 0 amide bonds. The molecule has 1 heterocycles. The lowest BCUT2D eigenvalue weighted by molar-refractivity contribution is 0.324. The Kier molecular flexibility index (Phi) is 3.10. The molecule has 0 aliphatic carbocycles. The van der Waals surface area contributed by atoms with Crippen LogP contribution in [0.15, 0.2) is 10.6 Å². The first-order valence-corrected chi connectivity index (χ1v) is 3.97. The zero-order valence-electron chi connectivity index (χ0n) is 7.41. The highest BCUT2D eigenvalue weighted by molar-refractivity contribution is 5.10. The van der Waals surface area contributed by atoms with Crippen molar-refractivity contribution in [1.82, 2.24) is 5.16 Å². The third-order valence-corrected chi connectivity index (χ3v) is 1.59. The summed E-state index contributed by atoms with van der Waals surface area (Å²) in [5, 5.41) is 3.67. The van der Waals surface area contributed by atoms with Gasteiger partial charge in [-0.3, -0.25) is 0 Å².